The topological polar surface area (TPSA) is 107 Å². The fraction of sp³-hybridized carbons (Fsp3) is 0.385. The van der Waals surface area contributed by atoms with Gasteiger partial charge in [-0.05, 0) is 18.1 Å². The van der Waals surface area contributed by atoms with Crippen LogP contribution in [0.3, 0.4) is 0 Å². The predicted molar refractivity (Wildman–Crippen MR) is 76.2 cm³/mol. The number of benzene rings is 1. The van der Waals surface area contributed by atoms with Gasteiger partial charge in [-0.15, -0.1) is 0 Å². The molecule has 2 unspecified atom stereocenters. The summed E-state index contributed by atoms with van der Waals surface area (Å²) in [6.07, 6.45) is -1.68. The quantitative estimate of drug-likeness (QED) is 0.460. The van der Waals surface area contributed by atoms with Crippen molar-refractivity contribution in [3.8, 4) is 0 Å². The third-order valence-corrected chi connectivity index (χ3v) is 3.47. The molecule has 0 heterocycles. The van der Waals surface area contributed by atoms with Gasteiger partial charge >= 0.3 is 0 Å². The van der Waals surface area contributed by atoms with Gasteiger partial charge in [-0.25, -0.2) is 0 Å². The molecule has 0 spiro atoms. The monoisotopic (exact) mass is 282 g/mol. The Labute approximate surface area is 116 Å². The molecule has 0 fully saturated rings. The number of carbonyl (C=O) groups is 1. The molecule has 0 amide bonds. The Bertz CT molecular complexity index is 465. The van der Waals surface area contributed by atoms with Gasteiger partial charge in [-0.2, -0.15) is 0 Å². The number of thioether (sulfide) groups is 1. The average Bonchev–Trinajstić information content (AvgIpc) is 2.37. The number of aliphatic hydroxyl groups excluding tert-OH is 2. The van der Waals surface area contributed by atoms with Crippen molar-refractivity contribution in [1.82, 2.24) is 0 Å². The summed E-state index contributed by atoms with van der Waals surface area (Å²) in [5, 5.41) is 27.2. The maximum atomic E-state index is 10.8. The van der Waals surface area contributed by atoms with E-state index in [0.29, 0.717) is 23.3 Å². The number of hydrogen-bond acceptors (Lipinski definition) is 5. The summed E-state index contributed by atoms with van der Waals surface area (Å²) in [5.41, 5.74) is 6.38. The minimum Gasteiger partial charge on any atom is -0.390 e. The van der Waals surface area contributed by atoms with Crippen LogP contribution in [0.5, 0.6) is 0 Å². The molecule has 5 nitrogen and oxygen atoms in total. The maximum Gasteiger partial charge on any atom is 0.185 e. The van der Waals surface area contributed by atoms with Crippen molar-refractivity contribution in [3.05, 3.63) is 35.4 Å². The lowest BCUT2D eigenvalue weighted by atomic mass is 10.0. The van der Waals surface area contributed by atoms with E-state index >= 15 is 0 Å². The van der Waals surface area contributed by atoms with Gasteiger partial charge in [0.25, 0.3) is 0 Å². The highest BCUT2D eigenvalue weighted by Gasteiger charge is 2.18. The van der Waals surface area contributed by atoms with Crippen LogP contribution in [0.1, 0.15) is 30.6 Å². The SMILES string of the molecule is CC(=O)SCCC(O)C(O)c1cccc(C(=N)N)c1. The van der Waals surface area contributed by atoms with Gasteiger partial charge in [0.1, 0.15) is 11.9 Å². The Hall–Kier alpha value is -1.37. The Morgan fingerprint density at radius 3 is 2.74 bits per heavy atom. The normalized spacial score (nSPS) is 13.8. The highest BCUT2D eigenvalue weighted by atomic mass is 32.2. The third kappa shape index (κ3) is 5.02. The first-order chi connectivity index (χ1) is 8.91. The van der Waals surface area contributed by atoms with Gasteiger partial charge < -0.3 is 15.9 Å². The van der Waals surface area contributed by atoms with Crippen LogP contribution >= 0.6 is 11.8 Å². The smallest absolute Gasteiger partial charge is 0.185 e. The molecule has 0 bridgehead atoms. The van der Waals surface area contributed by atoms with E-state index in [2.05, 4.69) is 0 Å². The molecule has 0 radical (unpaired) electrons. The van der Waals surface area contributed by atoms with Crippen LogP contribution in [0.15, 0.2) is 24.3 Å². The van der Waals surface area contributed by atoms with Crippen molar-refractivity contribution in [3.63, 3.8) is 0 Å². The maximum absolute atomic E-state index is 10.8. The molecule has 5 N–H and O–H groups in total. The molecule has 19 heavy (non-hydrogen) atoms. The van der Waals surface area contributed by atoms with Gasteiger partial charge in [0.2, 0.25) is 0 Å². The molecule has 0 aliphatic heterocycles. The molecule has 0 saturated heterocycles. The Kier molecular flexibility index (Phi) is 6.01. The largest absolute Gasteiger partial charge is 0.390 e. The molecule has 0 saturated carbocycles. The standard InChI is InChI=1S/C13H18N2O3S/c1-8(16)19-6-5-11(17)12(18)9-3-2-4-10(7-9)13(14)15/h2-4,7,11-12,17-18H,5-6H2,1H3,(H3,14,15). The lowest BCUT2D eigenvalue weighted by Gasteiger charge is -2.18. The molecular weight excluding hydrogens is 264 g/mol. The molecule has 0 aliphatic rings. The minimum atomic E-state index is -1.05. The Morgan fingerprint density at radius 2 is 2.16 bits per heavy atom. The molecule has 104 valence electrons. The summed E-state index contributed by atoms with van der Waals surface area (Å²) in [7, 11) is 0. The molecule has 1 aromatic carbocycles. The van der Waals surface area contributed by atoms with Gasteiger partial charge in [-0.3, -0.25) is 10.2 Å². The zero-order valence-corrected chi connectivity index (χ0v) is 11.5. The van der Waals surface area contributed by atoms with E-state index < -0.39 is 12.2 Å². The van der Waals surface area contributed by atoms with Gasteiger partial charge in [0.15, 0.2) is 5.12 Å². The number of carbonyl (C=O) groups excluding carboxylic acids is 1. The highest BCUT2D eigenvalue weighted by molar-refractivity contribution is 8.13. The molecule has 1 rings (SSSR count). The number of nitrogens with two attached hydrogens (primary N) is 1. The van der Waals surface area contributed by atoms with E-state index in [0.717, 1.165) is 11.8 Å². The number of aliphatic hydroxyl groups is 2. The molecule has 0 aliphatic carbocycles. The van der Waals surface area contributed by atoms with E-state index in [1.807, 2.05) is 0 Å². The van der Waals surface area contributed by atoms with E-state index in [-0.39, 0.29) is 11.0 Å². The highest BCUT2D eigenvalue weighted by Crippen LogP contribution is 2.21. The molecular formula is C13H18N2O3S. The second-order valence-corrected chi connectivity index (χ2v) is 5.45. The molecule has 0 aromatic heterocycles. The van der Waals surface area contributed by atoms with Crippen molar-refractivity contribution < 1.29 is 15.0 Å². The average molecular weight is 282 g/mol. The zero-order chi connectivity index (χ0) is 14.4. The van der Waals surface area contributed by atoms with Crippen molar-refractivity contribution in [2.24, 2.45) is 5.73 Å². The number of amidine groups is 1. The van der Waals surface area contributed by atoms with Crippen molar-refractivity contribution in [2.45, 2.75) is 25.6 Å². The number of nitrogen functional groups attached to an aromatic ring is 1. The first-order valence-corrected chi connectivity index (χ1v) is 6.84. The Morgan fingerprint density at radius 1 is 1.47 bits per heavy atom. The third-order valence-electron chi connectivity index (χ3n) is 2.62. The molecule has 1 aromatic rings. The minimum absolute atomic E-state index is 0.0136. The summed E-state index contributed by atoms with van der Waals surface area (Å²) >= 11 is 1.12. The second-order valence-electron chi connectivity index (χ2n) is 4.18. The summed E-state index contributed by atoms with van der Waals surface area (Å²) < 4.78 is 0. The van der Waals surface area contributed by atoms with Crippen LogP contribution in [-0.2, 0) is 4.79 Å². The van der Waals surface area contributed by atoms with Crippen LogP contribution < -0.4 is 5.73 Å². The van der Waals surface area contributed by atoms with Crippen LogP contribution in [-0.4, -0.2) is 33.0 Å². The summed E-state index contributed by atoms with van der Waals surface area (Å²) in [5.74, 6) is 0.371. The van der Waals surface area contributed by atoms with Crippen LogP contribution in [0.25, 0.3) is 0 Å². The van der Waals surface area contributed by atoms with Gasteiger partial charge in [0, 0.05) is 18.2 Å². The first-order valence-electron chi connectivity index (χ1n) is 5.85. The molecule has 6 heteroatoms. The Balaban J connectivity index is 2.65. The summed E-state index contributed by atoms with van der Waals surface area (Å²) in [6, 6.07) is 6.58. The fourth-order valence-corrected chi connectivity index (χ4v) is 2.24. The predicted octanol–water partition coefficient (Wildman–Crippen LogP) is 1.03. The van der Waals surface area contributed by atoms with Crippen molar-refractivity contribution in [2.75, 3.05) is 5.75 Å². The first kappa shape index (κ1) is 15.7. The summed E-state index contributed by atoms with van der Waals surface area (Å²) in [4.78, 5) is 10.8. The van der Waals surface area contributed by atoms with E-state index in [1.54, 1.807) is 24.3 Å². The fourth-order valence-electron chi connectivity index (χ4n) is 1.59. The van der Waals surface area contributed by atoms with E-state index in [4.69, 9.17) is 11.1 Å². The number of hydrogen-bond donors (Lipinski definition) is 4. The lowest BCUT2D eigenvalue weighted by Crippen LogP contribution is -2.20. The van der Waals surface area contributed by atoms with Gasteiger partial charge in [-0.1, -0.05) is 30.0 Å². The second kappa shape index (κ2) is 7.28. The number of rotatable bonds is 6. The van der Waals surface area contributed by atoms with E-state index in [9.17, 15) is 15.0 Å². The van der Waals surface area contributed by atoms with Crippen molar-refractivity contribution >= 4 is 22.7 Å². The number of nitrogens with one attached hydrogen (secondary N) is 1. The summed E-state index contributed by atoms with van der Waals surface area (Å²) in [6.45, 7) is 1.46. The van der Waals surface area contributed by atoms with E-state index in [1.165, 1.54) is 6.92 Å². The van der Waals surface area contributed by atoms with Crippen LogP contribution in [0, 0.1) is 5.41 Å². The zero-order valence-electron chi connectivity index (χ0n) is 10.7. The van der Waals surface area contributed by atoms with Gasteiger partial charge in [0.05, 0.1) is 6.10 Å². The molecule has 2 atom stereocenters. The van der Waals surface area contributed by atoms with Crippen LogP contribution in [0.4, 0.5) is 0 Å². The van der Waals surface area contributed by atoms with Crippen LogP contribution in [0.2, 0.25) is 0 Å². The van der Waals surface area contributed by atoms with Crippen molar-refractivity contribution in [1.29, 1.82) is 5.41 Å². The lowest BCUT2D eigenvalue weighted by molar-refractivity contribution is -0.109.